The van der Waals surface area contributed by atoms with Crippen molar-refractivity contribution >= 4 is 17.2 Å². The summed E-state index contributed by atoms with van der Waals surface area (Å²) in [5, 5.41) is 0.727. The lowest BCUT2D eigenvalue weighted by Crippen LogP contribution is -2.24. The van der Waals surface area contributed by atoms with Crippen molar-refractivity contribution < 1.29 is 0 Å². The van der Waals surface area contributed by atoms with E-state index in [0.29, 0.717) is 12.2 Å². The molecular weight excluding hydrogens is 310 g/mol. The number of hydrogen-bond donors (Lipinski definition) is 0. The summed E-state index contributed by atoms with van der Waals surface area (Å²) >= 11 is 6.06. The molecule has 5 heteroatoms. The van der Waals surface area contributed by atoms with Crippen LogP contribution in [0.4, 0.5) is 0 Å². The predicted octanol–water partition coefficient (Wildman–Crippen LogP) is 3.54. The van der Waals surface area contributed by atoms with Gasteiger partial charge in [-0.1, -0.05) is 29.8 Å². The van der Waals surface area contributed by atoms with E-state index in [4.69, 9.17) is 11.6 Å². The number of nitrogens with zero attached hydrogens (tertiary/aromatic N) is 3. The van der Waals surface area contributed by atoms with Gasteiger partial charge in [0, 0.05) is 29.9 Å². The number of halogens is 1. The molecule has 0 bridgehead atoms. The van der Waals surface area contributed by atoms with E-state index in [-0.39, 0.29) is 11.6 Å². The second-order valence-corrected chi connectivity index (χ2v) is 6.10. The molecule has 0 amide bonds. The summed E-state index contributed by atoms with van der Waals surface area (Å²) in [5.41, 5.74) is 2.50. The van der Waals surface area contributed by atoms with Gasteiger partial charge in [-0.2, -0.15) is 0 Å². The minimum Gasteiger partial charge on any atom is -0.294 e. The molecular formula is C18H18ClN3O. The number of pyridine rings is 1. The molecule has 2 aromatic heterocycles. The summed E-state index contributed by atoms with van der Waals surface area (Å²) < 4.78 is 1.55. The molecule has 2 heterocycles. The first kappa shape index (κ1) is 15.7. The van der Waals surface area contributed by atoms with Gasteiger partial charge in [0.25, 0.3) is 5.56 Å². The Morgan fingerprint density at radius 1 is 1.22 bits per heavy atom. The van der Waals surface area contributed by atoms with Crippen molar-refractivity contribution in [2.24, 2.45) is 0 Å². The molecule has 0 aliphatic carbocycles. The van der Waals surface area contributed by atoms with E-state index in [1.54, 1.807) is 16.7 Å². The summed E-state index contributed by atoms with van der Waals surface area (Å²) in [5.74, 6) is 0. The first-order valence-corrected chi connectivity index (χ1v) is 7.85. The molecule has 1 atom stereocenters. The van der Waals surface area contributed by atoms with Gasteiger partial charge in [-0.25, -0.2) is 4.98 Å². The first-order chi connectivity index (χ1) is 11.0. The van der Waals surface area contributed by atoms with Crippen molar-refractivity contribution in [2.45, 2.75) is 19.5 Å². The predicted molar refractivity (Wildman–Crippen MR) is 92.8 cm³/mol. The first-order valence-electron chi connectivity index (χ1n) is 7.47. The van der Waals surface area contributed by atoms with Gasteiger partial charge in [-0.15, -0.1) is 0 Å². The third-order valence-electron chi connectivity index (χ3n) is 4.03. The number of aromatic nitrogens is 2. The Morgan fingerprint density at radius 2 is 2.04 bits per heavy atom. The maximum atomic E-state index is 12.2. The number of benzene rings is 1. The molecule has 23 heavy (non-hydrogen) atoms. The second-order valence-electron chi connectivity index (χ2n) is 5.66. The molecule has 0 aliphatic heterocycles. The highest BCUT2D eigenvalue weighted by Crippen LogP contribution is 2.22. The zero-order valence-electron chi connectivity index (χ0n) is 13.1. The van der Waals surface area contributed by atoms with E-state index < -0.39 is 0 Å². The quantitative estimate of drug-likeness (QED) is 0.735. The van der Waals surface area contributed by atoms with Gasteiger partial charge in [0.1, 0.15) is 5.65 Å². The van der Waals surface area contributed by atoms with Crippen LogP contribution in [-0.2, 0) is 6.54 Å². The van der Waals surface area contributed by atoms with Crippen LogP contribution in [0.5, 0.6) is 0 Å². The summed E-state index contributed by atoms with van der Waals surface area (Å²) in [6.07, 6.45) is 1.73. The Hall–Kier alpha value is -2.17. The van der Waals surface area contributed by atoms with Gasteiger partial charge in [0.05, 0.1) is 5.69 Å². The van der Waals surface area contributed by atoms with E-state index in [1.807, 2.05) is 43.4 Å². The Morgan fingerprint density at radius 3 is 2.83 bits per heavy atom. The highest BCUT2D eigenvalue weighted by atomic mass is 35.5. The monoisotopic (exact) mass is 327 g/mol. The third-order valence-corrected chi connectivity index (χ3v) is 4.26. The van der Waals surface area contributed by atoms with Gasteiger partial charge >= 0.3 is 0 Å². The smallest absolute Gasteiger partial charge is 0.258 e. The summed E-state index contributed by atoms with van der Waals surface area (Å²) in [6.45, 7) is 2.70. The minimum absolute atomic E-state index is 0.0607. The fourth-order valence-corrected chi connectivity index (χ4v) is 2.80. The van der Waals surface area contributed by atoms with Gasteiger partial charge < -0.3 is 0 Å². The maximum Gasteiger partial charge on any atom is 0.258 e. The largest absolute Gasteiger partial charge is 0.294 e. The minimum atomic E-state index is -0.0607. The van der Waals surface area contributed by atoms with Crippen molar-refractivity contribution in [3.05, 3.63) is 81.4 Å². The van der Waals surface area contributed by atoms with Crippen LogP contribution in [0, 0.1) is 0 Å². The Kier molecular flexibility index (Phi) is 4.46. The van der Waals surface area contributed by atoms with Crippen LogP contribution in [0.3, 0.4) is 0 Å². The molecule has 0 fully saturated rings. The van der Waals surface area contributed by atoms with Crippen molar-refractivity contribution in [1.29, 1.82) is 0 Å². The SMILES string of the molecule is C[C@@H](c1cccc(Cl)c1)N(C)Cc1cc(=O)n2ccccc2n1. The highest BCUT2D eigenvalue weighted by molar-refractivity contribution is 6.30. The maximum absolute atomic E-state index is 12.2. The lowest BCUT2D eigenvalue weighted by molar-refractivity contribution is 0.250. The number of hydrogen-bond acceptors (Lipinski definition) is 3. The van der Waals surface area contributed by atoms with Crippen LogP contribution < -0.4 is 5.56 Å². The van der Waals surface area contributed by atoms with Crippen molar-refractivity contribution in [3.8, 4) is 0 Å². The molecule has 0 aliphatic rings. The standard InChI is InChI=1S/C18H18ClN3O/c1-13(14-6-5-7-15(19)10-14)21(2)12-16-11-18(23)22-9-4-3-8-17(22)20-16/h3-11,13H,12H2,1-2H3/t13-/m0/s1. The van der Waals surface area contributed by atoms with Crippen LogP contribution in [-0.4, -0.2) is 21.3 Å². The zero-order chi connectivity index (χ0) is 16.4. The van der Waals surface area contributed by atoms with Crippen LogP contribution >= 0.6 is 11.6 Å². The Labute approximate surface area is 140 Å². The van der Waals surface area contributed by atoms with Gasteiger partial charge in [-0.3, -0.25) is 14.1 Å². The average molecular weight is 328 g/mol. The lowest BCUT2D eigenvalue weighted by Gasteiger charge is -2.25. The average Bonchev–Trinajstić information content (AvgIpc) is 2.54. The fourth-order valence-electron chi connectivity index (χ4n) is 2.60. The van der Waals surface area contributed by atoms with E-state index in [2.05, 4.69) is 22.9 Å². The zero-order valence-corrected chi connectivity index (χ0v) is 13.9. The Balaban J connectivity index is 1.85. The fraction of sp³-hybridized carbons (Fsp3) is 0.222. The third kappa shape index (κ3) is 3.44. The van der Waals surface area contributed by atoms with Gasteiger partial charge in [0.15, 0.2) is 0 Å². The Bertz CT molecular complexity index is 891. The number of fused-ring (bicyclic) bond motifs is 1. The van der Waals surface area contributed by atoms with E-state index in [1.165, 1.54) is 0 Å². The molecule has 0 saturated heterocycles. The van der Waals surface area contributed by atoms with E-state index in [9.17, 15) is 4.79 Å². The summed E-state index contributed by atoms with van der Waals surface area (Å²) in [4.78, 5) is 18.9. The van der Waals surface area contributed by atoms with Crippen LogP contribution in [0.1, 0.15) is 24.2 Å². The molecule has 0 saturated carbocycles. The molecule has 0 radical (unpaired) electrons. The lowest BCUT2D eigenvalue weighted by atomic mass is 10.1. The summed E-state index contributed by atoms with van der Waals surface area (Å²) in [7, 11) is 2.01. The molecule has 0 N–H and O–H groups in total. The summed E-state index contributed by atoms with van der Waals surface area (Å²) in [6, 6.07) is 15.1. The van der Waals surface area contributed by atoms with Crippen LogP contribution in [0.25, 0.3) is 5.65 Å². The molecule has 118 valence electrons. The topological polar surface area (TPSA) is 37.6 Å². The second kappa shape index (κ2) is 6.52. The molecule has 0 unspecified atom stereocenters. The molecule has 1 aromatic carbocycles. The number of rotatable bonds is 4. The highest BCUT2D eigenvalue weighted by Gasteiger charge is 2.13. The normalized spacial score (nSPS) is 12.7. The van der Waals surface area contributed by atoms with Crippen molar-refractivity contribution in [2.75, 3.05) is 7.05 Å². The van der Waals surface area contributed by atoms with E-state index in [0.717, 1.165) is 16.3 Å². The van der Waals surface area contributed by atoms with Gasteiger partial charge in [-0.05, 0) is 43.8 Å². The molecule has 0 spiro atoms. The van der Waals surface area contributed by atoms with Crippen molar-refractivity contribution in [3.63, 3.8) is 0 Å². The molecule has 3 aromatic rings. The van der Waals surface area contributed by atoms with Crippen LogP contribution in [0.15, 0.2) is 59.5 Å². The van der Waals surface area contributed by atoms with E-state index >= 15 is 0 Å². The van der Waals surface area contributed by atoms with Gasteiger partial charge in [0.2, 0.25) is 0 Å². The van der Waals surface area contributed by atoms with Crippen LogP contribution in [0.2, 0.25) is 5.02 Å². The molecule has 3 rings (SSSR count). The van der Waals surface area contributed by atoms with Crippen molar-refractivity contribution in [1.82, 2.24) is 14.3 Å². The molecule has 4 nitrogen and oxygen atoms in total.